The number of benzene rings is 1. The largest absolute Gasteiger partial charge is 0.325 e. The lowest BCUT2D eigenvalue weighted by atomic mass is 10.3. The maximum Gasteiger partial charge on any atom is 0.272 e. The molecule has 0 saturated heterocycles. The third-order valence-corrected chi connectivity index (χ3v) is 7.15. The van der Waals surface area contributed by atoms with Crippen LogP contribution >= 0.6 is 34.9 Å². The summed E-state index contributed by atoms with van der Waals surface area (Å²) in [4.78, 5) is 26.4. The molecule has 0 aliphatic rings. The summed E-state index contributed by atoms with van der Waals surface area (Å²) in [7, 11) is 0. The number of fused-ring (bicyclic) bond motifs is 3. The third kappa shape index (κ3) is 4.12. The lowest BCUT2D eigenvalue weighted by molar-refractivity contribution is -0.113. The standard InChI is InChI=1S/C20H21N5O2S3/c1-3-4-9-24-18(27)17-15(8-10-29-17)25-19(24)22-23-20(25)30-12-16(26)21-13-6-5-7-14(11-13)28-2/h5-8,10-11H,3-4,9,12H2,1-2H3,(H,21,26). The van der Waals surface area contributed by atoms with Gasteiger partial charge in [-0.1, -0.05) is 31.2 Å². The van der Waals surface area contributed by atoms with Crippen LogP contribution in [0.1, 0.15) is 19.8 Å². The number of carbonyl (C=O) groups is 1. The molecule has 1 N–H and O–H groups in total. The van der Waals surface area contributed by atoms with Crippen LogP contribution in [-0.2, 0) is 11.3 Å². The van der Waals surface area contributed by atoms with Crippen LogP contribution in [0.2, 0.25) is 0 Å². The number of rotatable bonds is 8. The van der Waals surface area contributed by atoms with Crippen LogP contribution in [-0.4, -0.2) is 37.1 Å². The minimum atomic E-state index is -0.115. The maximum absolute atomic E-state index is 12.9. The van der Waals surface area contributed by atoms with Crippen molar-refractivity contribution in [2.24, 2.45) is 0 Å². The monoisotopic (exact) mass is 459 g/mol. The van der Waals surface area contributed by atoms with Gasteiger partial charge in [0.2, 0.25) is 11.7 Å². The highest BCUT2D eigenvalue weighted by Crippen LogP contribution is 2.25. The average Bonchev–Trinajstić information content (AvgIpc) is 3.39. The van der Waals surface area contributed by atoms with Gasteiger partial charge in [0.25, 0.3) is 5.56 Å². The van der Waals surface area contributed by atoms with E-state index < -0.39 is 0 Å². The quantitative estimate of drug-likeness (QED) is 0.394. The highest BCUT2D eigenvalue weighted by Gasteiger charge is 2.18. The zero-order valence-corrected chi connectivity index (χ0v) is 19.1. The lowest BCUT2D eigenvalue weighted by Crippen LogP contribution is -2.22. The van der Waals surface area contributed by atoms with Crippen molar-refractivity contribution in [3.8, 4) is 0 Å². The summed E-state index contributed by atoms with van der Waals surface area (Å²) in [6.07, 6.45) is 3.87. The van der Waals surface area contributed by atoms with Crippen molar-refractivity contribution in [2.75, 3.05) is 17.3 Å². The van der Waals surface area contributed by atoms with Gasteiger partial charge in [0.1, 0.15) is 4.70 Å². The molecule has 3 aromatic heterocycles. The van der Waals surface area contributed by atoms with E-state index in [1.54, 1.807) is 16.3 Å². The zero-order chi connectivity index (χ0) is 21.1. The number of hydrogen-bond acceptors (Lipinski definition) is 7. The fourth-order valence-corrected chi connectivity index (χ4v) is 5.16. The van der Waals surface area contributed by atoms with Crippen LogP contribution in [0.4, 0.5) is 5.69 Å². The number of hydrogen-bond donors (Lipinski definition) is 1. The second-order valence-corrected chi connectivity index (χ2v) is 9.37. The second kappa shape index (κ2) is 9.23. The summed E-state index contributed by atoms with van der Waals surface area (Å²) < 4.78 is 4.25. The van der Waals surface area contributed by atoms with Crippen molar-refractivity contribution in [1.29, 1.82) is 0 Å². The number of amides is 1. The van der Waals surface area contributed by atoms with Crippen molar-refractivity contribution in [3.05, 3.63) is 46.1 Å². The Morgan fingerprint density at radius 2 is 2.13 bits per heavy atom. The molecule has 0 aliphatic heterocycles. The van der Waals surface area contributed by atoms with Gasteiger partial charge < -0.3 is 5.32 Å². The summed E-state index contributed by atoms with van der Waals surface area (Å²) in [5, 5.41) is 14.0. The minimum Gasteiger partial charge on any atom is -0.325 e. The number of anilines is 1. The fourth-order valence-electron chi connectivity index (χ4n) is 3.14. The third-order valence-electron chi connectivity index (χ3n) is 4.60. The van der Waals surface area contributed by atoms with E-state index in [9.17, 15) is 9.59 Å². The van der Waals surface area contributed by atoms with Crippen LogP contribution in [0, 0.1) is 0 Å². The first kappa shape index (κ1) is 21.0. The van der Waals surface area contributed by atoms with E-state index in [0.29, 0.717) is 22.2 Å². The van der Waals surface area contributed by atoms with E-state index in [0.717, 1.165) is 28.9 Å². The molecule has 10 heteroatoms. The summed E-state index contributed by atoms with van der Waals surface area (Å²) in [5.74, 6) is 0.607. The number of carbonyl (C=O) groups excluding carboxylic acids is 1. The topological polar surface area (TPSA) is 81.3 Å². The van der Waals surface area contributed by atoms with Crippen molar-refractivity contribution >= 4 is 62.4 Å². The van der Waals surface area contributed by atoms with Crippen molar-refractivity contribution in [2.45, 2.75) is 36.4 Å². The first-order chi connectivity index (χ1) is 14.6. The molecular weight excluding hydrogens is 438 g/mol. The predicted octanol–water partition coefficient (Wildman–Crippen LogP) is 4.36. The highest BCUT2D eigenvalue weighted by molar-refractivity contribution is 7.99. The van der Waals surface area contributed by atoms with Crippen LogP contribution in [0.25, 0.3) is 16.0 Å². The summed E-state index contributed by atoms with van der Waals surface area (Å²) >= 11 is 4.36. The molecule has 7 nitrogen and oxygen atoms in total. The first-order valence-electron chi connectivity index (χ1n) is 9.54. The summed E-state index contributed by atoms with van der Waals surface area (Å²) in [6.45, 7) is 2.69. The summed E-state index contributed by atoms with van der Waals surface area (Å²) in [5.41, 5.74) is 1.52. The van der Waals surface area contributed by atoms with Gasteiger partial charge >= 0.3 is 0 Å². The number of thiophene rings is 1. The molecule has 156 valence electrons. The molecule has 0 spiro atoms. The normalized spacial score (nSPS) is 11.4. The molecule has 0 unspecified atom stereocenters. The van der Waals surface area contributed by atoms with Crippen molar-refractivity contribution in [3.63, 3.8) is 0 Å². The fraction of sp³-hybridized carbons (Fsp3) is 0.300. The maximum atomic E-state index is 12.9. The molecule has 4 aromatic rings. The van der Waals surface area contributed by atoms with E-state index in [-0.39, 0.29) is 17.2 Å². The Balaban J connectivity index is 1.59. The van der Waals surface area contributed by atoms with Gasteiger partial charge in [-0.15, -0.1) is 33.3 Å². The molecule has 0 radical (unpaired) electrons. The number of aryl methyl sites for hydroxylation is 1. The molecule has 1 amide bonds. The van der Waals surface area contributed by atoms with Gasteiger partial charge in [-0.2, -0.15) is 0 Å². The van der Waals surface area contributed by atoms with Crippen LogP contribution in [0.3, 0.4) is 0 Å². The van der Waals surface area contributed by atoms with E-state index in [4.69, 9.17) is 0 Å². The average molecular weight is 460 g/mol. The SMILES string of the molecule is CCCCn1c(=O)c2sccc2n2c(SCC(=O)Nc3cccc(SC)c3)nnc12. The van der Waals surface area contributed by atoms with Crippen LogP contribution in [0.5, 0.6) is 0 Å². The molecule has 1 aromatic carbocycles. The molecule has 0 bridgehead atoms. The van der Waals surface area contributed by atoms with Gasteiger partial charge in [-0.25, -0.2) is 0 Å². The number of nitrogens with one attached hydrogen (secondary N) is 1. The Bertz CT molecular complexity index is 1260. The Morgan fingerprint density at radius 3 is 2.93 bits per heavy atom. The number of aromatic nitrogens is 4. The first-order valence-corrected chi connectivity index (χ1v) is 12.6. The van der Waals surface area contributed by atoms with Gasteiger partial charge in [0.05, 0.1) is 11.3 Å². The smallest absolute Gasteiger partial charge is 0.272 e. The predicted molar refractivity (Wildman–Crippen MR) is 125 cm³/mol. The van der Waals surface area contributed by atoms with Crippen LogP contribution < -0.4 is 10.9 Å². The number of thioether (sulfide) groups is 2. The van der Waals surface area contributed by atoms with Crippen molar-refractivity contribution < 1.29 is 4.79 Å². The van der Waals surface area contributed by atoms with Gasteiger partial charge in [0.15, 0.2) is 5.16 Å². The van der Waals surface area contributed by atoms with Crippen molar-refractivity contribution in [1.82, 2.24) is 19.2 Å². The van der Waals surface area contributed by atoms with E-state index in [2.05, 4.69) is 22.4 Å². The van der Waals surface area contributed by atoms with Gasteiger partial charge in [0, 0.05) is 17.1 Å². The Labute approximate surface area is 185 Å². The molecule has 0 atom stereocenters. The Hall–Kier alpha value is -2.30. The van der Waals surface area contributed by atoms with E-state index in [1.165, 1.54) is 23.1 Å². The van der Waals surface area contributed by atoms with Gasteiger partial charge in [-0.05, 0) is 42.3 Å². The number of nitrogens with zero attached hydrogens (tertiary/aromatic N) is 4. The molecular formula is C20H21N5O2S3. The Kier molecular flexibility index (Phi) is 6.45. The molecule has 30 heavy (non-hydrogen) atoms. The minimum absolute atomic E-state index is 0.0312. The molecule has 0 saturated carbocycles. The summed E-state index contributed by atoms with van der Waals surface area (Å²) in [6, 6.07) is 9.64. The Morgan fingerprint density at radius 1 is 1.27 bits per heavy atom. The molecule has 3 heterocycles. The lowest BCUT2D eigenvalue weighted by Gasteiger charge is -2.09. The molecule has 4 rings (SSSR count). The number of unbranched alkanes of at least 4 members (excludes halogenated alkanes) is 1. The highest BCUT2D eigenvalue weighted by atomic mass is 32.2. The zero-order valence-electron chi connectivity index (χ0n) is 16.6. The second-order valence-electron chi connectivity index (χ2n) is 6.63. The van der Waals surface area contributed by atoms with E-state index in [1.807, 2.05) is 46.4 Å². The van der Waals surface area contributed by atoms with Crippen LogP contribution in [0.15, 0.2) is 50.6 Å². The molecule has 0 fully saturated rings. The van der Waals surface area contributed by atoms with E-state index >= 15 is 0 Å². The molecule has 0 aliphatic carbocycles. The van der Waals surface area contributed by atoms with Gasteiger partial charge in [-0.3, -0.25) is 18.6 Å².